The average Bonchev–Trinajstić information content (AvgIpc) is 3.07. The van der Waals surface area contributed by atoms with Crippen molar-refractivity contribution in [1.29, 1.82) is 0 Å². The second kappa shape index (κ2) is 16.3. The number of hydrogen-bond acceptors (Lipinski definition) is 6. The monoisotopic (exact) mass is 580 g/mol. The van der Waals surface area contributed by atoms with Crippen molar-refractivity contribution >= 4 is 5.78 Å². The highest BCUT2D eigenvalue weighted by Gasteiger charge is 2.50. The zero-order valence-corrected chi connectivity index (χ0v) is 24.6. The molecule has 0 amide bonds. The molecule has 3 unspecified atom stereocenters. The molecule has 5 atom stereocenters. The van der Waals surface area contributed by atoms with Gasteiger partial charge in [0.05, 0.1) is 33.0 Å². The lowest BCUT2D eigenvalue weighted by Crippen LogP contribution is -2.63. The van der Waals surface area contributed by atoms with Gasteiger partial charge in [0.1, 0.15) is 30.5 Å². The van der Waals surface area contributed by atoms with Crippen LogP contribution in [0.25, 0.3) is 0 Å². The van der Waals surface area contributed by atoms with Crippen molar-refractivity contribution in [3.8, 4) is 0 Å². The average molecular weight is 581 g/mol. The number of ether oxygens (including phenoxy) is 5. The maximum Gasteiger partial charge on any atom is 0.164 e. The van der Waals surface area contributed by atoms with Crippen molar-refractivity contribution < 1.29 is 28.5 Å². The van der Waals surface area contributed by atoms with Gasteiger partial charge in [0.2, 0.25) is 0 Å². The molecule has 1 heterocycles. The quantitative estimate of drug-likeness (QED) is 0.156. The lowest BCUT2D eigenvalue weighted by Gasteiger charge is -2.45. The molecule has 4 aromatic carbocycles. The van der Waals surface area contributed by atoms with E-state index in [0.717, 1.165) is 22.3 Å². The highest BCUT2D eigenvalue weighted by Crippen LogP contribution is 2.32. The summed E-state index contributed by atoms with van der Waals surface area (Å²) in [4.78, 5) is 13.4. The van der Waals surface area contributed by atoms with Crippen LogP contribution in [0, 0.1) is 0 Å². The van der Waals surface area contributed by atoms with Crippen LogP contribution in [0.15, 0.2) is 121 Å². The maximum atomic E-state index is 13.4. The molecule has 0 spiro atoms. The zero-order chi connectivity index (χ0) is 29.7. The SMILES string of the molecule is CCC(=O)[C@H]1OC(COCc2ccccc2)[C@@H](OCc2ccccc2)C(OCc2ccccc2)C1OCc1ccccc1. The Balaban J connectivity index is 1.43. The Morgan fingerprint density at radius 3 is 1.40 bits per heavy atom. The smallest absolute Gasteiger partial charge is 0.164 e. The van der Waals surface area contributed by atoms with Crippen LogP contribution in [0.3, 0.4) is 0 Å². The summed E-state index contributed by atoms with van der Waals surface area (Å²) >= 11 is 0. The van der Waals surface area contributed by atoms with Gasteiger partial charge in [0, 0.05) is 6.42 Å². The Morgan fingerprint density at radius 2 is 0.953 bits per heavy atom. The summed E-state index contributed by atoms with van der Waals surface area (Å²) in [6, 6.07) is 39.9. The van der Waals surface area contributed by atoms with Crippen molar-refractivity contribution in [2.75, 3.05) is 6.61 Å². The van der Waals surface area contributed by atoms with Gasteiger partial charge in [-0.05, 0) is 22.3 Å². The standard InChI is InChI=1S/C37H40O6/c1-2-32(38)34-36(41-25-30-19-11-5-12-20-30)37(42-26-31-21-13-6-14-22-31)35(40-24-29-17-9-4-10-18-29)33(43-34)27-39-23-28-15-7-3-8-16-28/h3-22,33-37H,2,23-27H2,1H3/t33?,34-,35-,36?,37?/m1/s1. The van der Waals surface area contributed by atoms with Crippen molar-refractivity contribution in [1.82, 2.24) is 0 Å². The van der Waals surface area contributed by atoms with Gasteiger partial charge in [-0.2, -0.15) is 0 Å². The Hall–Kier alpha value is -3.65. The number of hydrogen-bond donors (Lipinski definition) is 0. The predicted octanol–water partition coefficient (Wildman–Crippen LogP) is 6.71. The van der Waals surface area contributed by atoms with E-state index in [4.69, 9.17) is 23.7 Å². The normalized spacial score (nSPS) is 21.8. The number of Topliss-reactive ketones (excluding diaryl/α,β-unsaturated/α-hetero) is 1. The lowest BCUT2D eigenvalue weighted by molar-refractivity contribution is -0.267. The molecule has 0 aliphatic carbocycles. The first-order valence-corrected chi connectivity index (χ1v) is 15.0. The fraction of sp³-hybridized carbons (Fsp3) is 0.324. The van der Waals surface area contributed by atoms with E-state index in [2.05, 4.69) is 0 Å². The Morgan fingerprint density at radius 1 is 0.558 bits per heavy atom. The third kappa shape index (κ3) is 8.92. The minimum Gasteiger partial charge on any atom is -0.374 e. The van der Waals surface area contributed by atoms with E-state index in [1.54, 1.807) is 0 Å². The molecule has 0 aromatic heterocycles. The van der Waals surface area contributed by atoms with Gasteiger partial charge in [0.15, 0.2) is 5.78 Å². The summed E-state index contributed by atoms with van der Waals surface area (Å²) < 4.78 is 32.5. The van der Waals surface area contributed by atoms with Crippen LogP contribution in [-0.2, 0) is 54.9 Å². The number of benzene rings is 4. The predicted molar refractivity (Wildman–Crippen MR) is 165 cm³/mol. The summed E-state index contributed by atoms with van der Waals surface area (Å²) in [6.45, 7) is 3.51. The molecule has 0 N–H and O–H groups in total. The van der Waals surface area contributed by atoms with Gasteiger partial charge in [-0.15, -0.1) is 0 Å². The van der Waals surface area contributed by atoms with E-state index in [1.807, 2.05) is 128 Å². The van der Waals surface area contributed by atoms with Crippen LogP contribution in [0.4, 0.5) is 0 Å². The van der Waals surface area contributed by atoms with Gasteiger partial charge in [-0.3, -0.25) is 4.79 Å². The fourth-order valence-corrected chi connectivity index (χ4v) is 5.25. The second-order valence-corrected chi connectivity index (χ2v) is 10.7. The summed E-state index contributed by atoms with van der Waals surface area (Å²) in [7, 11) is 0. The van der Waals surface area contributed by atoms with Crippen molar-refractivity contribution in [2.45, 2.75) is 70.3 Å². The van der Waals surface area contributed by atoms with Gasteiger partial charge in [0.25, 0.3) is 0 Å². The molecular formula is C37H40O6. The Labute approximate surface area is 254 Å². The molecule has 1 aliphatic rings. The second-order valence-electron chi connectivity index (χ2n) is 10.7. The first-order chi connectivity index (χ1) is 21.2. The number of carbonyl (C=O) groups is 1. The molecule has 1 aliphatic heterocycles. The molecule has 5 rings (SSSR count). The van der Waals surface area contributed by atoms with E-state index in [1.165, 1.54) is 0 Å². The topological polar surface area (TPSA) is 63.2 Å². The molecule has 224 valence electrons. The summed E-state index contributed by atoms with van der Waals surface area (Å²) in [5, 5.41) is 0. The van der Waals surface area contributed by atoms with Crippen LogP contribution in [0.2, 0.25) is 0 Å². The van der Waals surface area contributed by atoms with Crippen molar-refractivity contribution in [2.24, 2.45) is 0 Å². The van der Waals surface area contributed by atoms with Crippen LogP contribution in [0.1, 0.15) is 35.6 Å². The third-order valence-corrected chi connectivity index (χ3v) is 7.55. The minimum absolute atomic E-state index is 0.0408. The molecule has 0 radical (unpaired) electrons. The minimum atomic E-state index is -0.823. The van der Waals surface area contributed by atoms with Crippen LogP contribution < -0.4 is 0 Å². The van der Waals surface area contributed by atoms with E-state index in [0.29, 0.717) is 32.8 Å². The van der Waals surface area contributed by atoms with Crippen LogP contribution >= 0.6 is 0 Å². The van der Waals surface area contributed by atoms with Crippen molar-refractivity contribution in [3.05, 3.63) is 144 Å². The first-order valence-electron chi connectivity index (χ1n) is 15.0. The van der Waals surface area contributed by atoms with E-state index < -0.39 is 30.5 Å². The van der Waals surface area contributed by atoms with Crippen molar-refractivity contribution in [3.63, 3.8) is 0 Å². The third-order valence-electron chi connectivity index (χ3n) is 7.55. The number of ketones is 1. The molecule has 0 bridgehead atoms. The Kier molecular flexibility index (Phi) is 11.6. The molecule has 6 nitrogen and oxygen atoms in total. The van der Waals surface area contributed by atoms with E-state index in [-0.39, 0.29) is 12.4 Å². The molecule has 4 aromatic rings. The van der Waals surface area contributed by atoms with Gasteiger partial charge >= 0.3 is 0 Å². The number of rotatable bonds is 15. The summed E-state index contributed by atoms with van der Waals surface area (Å²) in [6.07, 6.45) is -2.88. The van der Waals surface area contributed by atoms with Crippen LogP contribution in [0.5, 0.6) is 0 Å². The van der Waals surface area contributed by atoms with Gasteiger partial charge < -0.3 is 23.7 Å². The van der Waals surface area contributed by atoms with E-state index >= 15 is 0 Å². The molecule has 6 heteroatoms. The fourth-order valence-electron chi connectivity index (χ4n) is 5.25. The highest BCUT2D eigenvalue weighted by atomic mass is 16.6. The summed E-state index contributed by atoms with van der Waals surface area (Å²) in [5.74, 6) is -0.0408. The number of carbonyl (C=O) groups excluding carboxylic acids is 1. The lowest BCUT2D eigenvalue weighted by atomic mass is 9.91. The van der Waals surface area contributed by atoms with E-state index in [9.17, 15) is 4.79 Å². The largest absolute Gasteiger partial charge is 0.374 e. The zero-order valence-electron chi connectivity index (χ0n) is 24.6. The molecule has 1 saturated heterocycles. The molecule has 0 saturated carbocycles. The molecule has 43 heavy (non-hydrogen) atoms. The van der Waals surface area contributed by atoms with Crippen LogP contribution in [-0.4, -0.2) is 42.9 Å². The van der Waals surface area contributed by atoms with Gasteiger partial charge in [-0.1, -0.05) is 128 Å². The highest BCUT2D eigenvalue weighted by molar-refractivity contribution is 5.83. The molecular weight excluding hydrogens is 540 g/mol. The summed E-state index contributed by atoms with van der Waals surface area (Å²) in [5.41, 5.74) is 4.11. The molecule has 1 fully saturated rings. The maximum absolute atomic E-state index is 13.4. The first kappa shape index (κ1) is 30.8. The Bertz CT molecular complexity index is 1350. The van der Waals surface area contributed by atoms with Gasteiger partial charge in [-0.25, -0.2) is 0 Å².